The fraction of sp³-hybridized carbons (Fsp3) is 0.286. The van der Waals surface area contributed by atoms with Crippen molar-refractivity contribution in [2.24, 2.45) is 0 Å². The molecule has 0 bridgehead atoms. The molecule has 1 aromatic heterocycles. The van der Waals surface area contributed by atoms with Crippen LogP contribution in [0.2, 0.25) is 5.02 Å². The molecule has 0 aliphatic heterocycles. The lowest BCUT2D eigenvalue weighted by molar-refractivity contribution is -0.383. The van der Waals surface area contributed by atoms with Crippen LogP contribution in [-0.2, 0) is 0 Å². The van der Waals surface area contributed by atoms with Crippen LogP contribution < -0.4 is 16.4 Å². The zero-order valence-electron chi connectivity index (χ0n) is 12.7. The van der Waals surface area contributed by atoms with Crippen LogP contribution in [0.1, 0.15) is 20.3 Å². The zero-order chi connectivity index (χ0) is 17.0. The van der Waals surface area contributed by atoms with Crippen LogP contribution in [-0.4, -0.2) is 20.9 Å². The van der Waals surface area contributed by atoms with E-state index in [0.717, 1.165) is 6.42 Å². The van der Waals surface area contributed by atoms with Gasteiger partial charge in [-0.3, -0.25) is 10.1 Å². The second-order valence-electron chi connectivity index (χ2n) is 4.98. The average molecular weight is 337 g/mol. The number of nitrogens with two attached hydrogens (primary N) is 1. The van der Waals surface area contributed by atoms with Crippen molar-refractivity contribution in [3.8, 4) is 0 Å². The molecular formula is C14H17ClN6O2. The van der Waals surface area contributed by atoms with Crippen LogP contribution in [0.25, 0.3) is 0 Å². The number of nitrogen functional groups attached to an aromatic ring is 1. The zero-order valence-corrected chi connectivity index (χ0v) is 13.5. The van der Waals surface area contributed by atoms with E-state index in [1.807, 2.05) is 13.8 Å². The standard InChI is InChI=1S/C14H17ClN6O2/c1-3-8(2)17-14-19-12(16)11(21(22)23)13(20-14)18-10-6-4-5-9(15)7-10/h4-8H,3H2,1-2H3,(H4,16,17,18,19,20). The van der Waals surface area contributed by atoms with Crippen molar-refractivity contribution in [2.75, 3.05) is 16.4 Å². The Kier molecular flexibility index (Phi) is 5.17. The number of benzene rings is 1. The lowest BCUT2D eigenvalue weighted by atomic mass is 10.3. The first kappa shape index (κ1) is 16.8. The van der Waals surface area contributed by atoms with Gasteiger partial charge in [-0.15, -0.1) is 0 Å². The summed E-state index contributed by atoms with van der Waals surface area (Å²) in [5, 5.41) is 17.7. The third-order valence-corrected chi connectivity index (χ3v) is 3.40. The number of nitrogens with one attached hydrogen (secondary N) is 2. The Morgan fingerprint density at radius 3 is 2.78 bits per heavy atom. The number of aromatic nitrogens is 2. The van der Waals surface area contributed by atoms with Gasteiger partial charge in [-0.2, -0.15) is 9.97 Å². The quantitative estimate of drug-likeness (QED) is 0.544. The van der Waals surface area contributed by atoms with Crippen LogP contribution in [0.4, 0.5) is 29.0 Å². The highest BCUT2D eigenvalue weighted by Gasteiger charge is 2.23. The van der Waals surface area contributed by atoms with Gasteiger partial charge in [0.05, 0.1) is 4.92 Å². The molecule has 4 N–H and O–H groups in total. The minimum absolute atomic E-state index is 0.00979. The van der Waals surface area contributed by atoms with Crippen LogP contribution in [0.15, 0.2) is 24.3 Å². The van der Waals surface area contributed by atoms with Gasteiger partial charge in [0.2, 0.25) is 17.6 Å². The fourth-order valence-corrected chi connectivity index (χ4v) is 2.02. The van der Waals surface area contributed by atoms with Gasteiger partial charge in [-0.25, -0.2) is 0 Å². The van der Waals surface area contributed by atoms with Crippen molar-refractivity contribution in [1.82, 2.24) is 9.97 Å². The molecule has 0 spiro atoms. The van der Waals surface area contributed by atoms with Crippen LogP contribution >= 0.6 is 11.6 Å². The SMILES string of the molecule is CCC(C)Nc1nc(N)c([N+](=O)[O-])c(Nc2cccc(Cl)c2)n1. The lowest BCUT2D eigenvalue weighted by Gasteiger charge is -2.14. The molecule has 1 heterocycles. The van der Waals surface area contributed by atoms with Gasteiger partial charge in [0.1, 0.15) is 0 Å². The van der Waals surface area contributed by atoms with Crippen LogP contribution in [0.3, 0.4) is 0 Å². The van der Waals surface area contributed by atoms with Gasteiger partial charge in [-0.1, -0.05) is 24.6 Å². The molecule has 0 saturated heterocycles. The monoisotopic (exact) mass is 336 g/mol. The van der Waals surface area contributed by atoms with Crippen LogP contribution in [0.5, 0.6) is 0 Å². The van der Waals surface area contributed by atoms with Gasteiger partial charge in [0.15, 0.2) is 0 Å². The van der Waals surface area contributed by atoms with E-state index in [1.165, 1.54) is 0 Å². The molecule has 1 aromatic carbocycles. The molecule has 2 rings (SSSR count). The summed E-state index contributed by atoms with van der Waals surface area (Å²) in [7, 11) is 0. The minimum atomic E-state index is -0.616. The van der Waals surface area contributed by atoms with Crippen molar-refractivity contribution in [3.63, 3.8) is 0 Å². The van der Waals surface area contributed by atoms with E-state index in [9.17, 15) is 10.1 Å². The van der Waals surface area contributed by atoms with Gasteiger partial charge in [0.25, 0.3) is 0 Å². The van der Waals surface area contributed by atoms with Gasteiger partial charge >= 0.3 is 5.69 Å². The molecule has 0 amide bonds. The first-order valence-corrected chi connectivity index (χ1v) is 7.39. The maximum Gasteiger partial charge on any atom is 0.353 e. The van der Waals surface area contributed by atoms with E-state index >= 15 is 0 Å². The summed E-state index contributed by atoms with van der Waals surface area (Å²) in [5.41, 5.74) is 5.91. The number of rotatable bonds is 6. The highest BCUT2D eigenvalue weighted by Crippen LogP contribution is 2.32. The molecule has 9 heteroatoms. The number of hydrogen-bond donors (Lipinski definition) is 3. The maximum absolute atomic E-state index is 11.2. The third-order valence-electron chi connectivity index (χ3n) is 3.17. The van der Waals surface area contributed by atoms with E-state index in [4.69, 9.17) is 17.3 Å². The number of hydrogen-bond acceptors (Lipinski definition) is 7. The van der Waals surface area contributed by atoms with Crippen LogP contribution in [0, 0.1) is 10.1 Å². The molecule has 0 aliphatic carbocycles. The Morgan fingerprint density at radius 1 is 1.43 bits per heavy atom. The average Bonchev–Trinajstić information content (AvgIpc) is 2.46. The molecule has 0 fully saturated rings. The van der Waals surface area contributed by atoms with E-state index in [1.54, 1.807) is 24.3 Å². The maximum atomic E-state index is 11.2. The smallest absolute Gasteiger partial charge is 0.353 e. The molecule has 23 heavy (non-hydrogen) atoms. The summed E-state index contributed by atoms with van der Waals surface area (Å²) in [6.07, 6.45) is 0.845. The molecule has 2 aromatic rings. The van der Waals surface area contributed by atoms with Gasteiger partial charge in [-0.05, 0) is 31.5 Å². The lowest BCUT2D eigenvalue weighted by Crippen LogP contribution is -2.17. The molecule has 0 aliphatic rings. The predicted octanol–water partition coefficient (Wildman–Crippen LogP) is 3.57. The molecule has 0 saturated carbocycles. The molecule has 122 valence electrons. The summed E-state index contributed by atoms with van der Waals surface area (Å²) in [6.45, 7) is 3.95. The number of anilines is 4. The van der Waals surface area contributed by atoms with Crippen molar-refractivity contribution in [3.05, 3.63) is 39.4 Å². The van der Waals surface area contributed by atoms with E-state index in [2.05, 4.69) is 20.6 Å². The molecule has 8 nitrogen and oxygen atoms in total. The second-order valence-corrected chi connectivity index (χ2v) is 5.41. The Labute approximate surface area is 138 Å². The highest BCUT2D eigenvalue weighted by atomic mass is 35.5. The van der Waals surface area contributed by atoms with Gasteiger partial charge < -0.3 is 16.4 Å². The Balaban J connectivity index is 2.43. The van der Waals surface area contributed by atoms with Crippen molar-refractivity contribution in [1.29, 1.82) is 0 Å². The van der Waals surface area contributed by atoms with E-state index < -0.39 is 4.92 Å². The number of halogens is 1. The Morgan fingerprint density at radius 2 is 2.17 bits per heavy atom. The third kappa shape index (κ3) is 4.19. The summed E-state index contributed by atoms with van der Waals surface area (Å²) >= 11 is 5.92. The number of nitrogens with zero attached hydrogens (tertiary/aromatic N) is 3. The Hall–Kier alpha value is -2.61. The highest BCUT2D eigenvalue weighted by molar-refractivity contribution is 6.30. The topological polar surface area (TPSA) is 119 Å². The molecule has 1 atom stereocenters. The minimum Gasteiger partial charge on any atom is -0.378 e. The molecule has 1 unspecified atom stereocenters. The summed E-state index contributed by atoms with van der Waals surface area (Å²) < 4.78 is 0. The first-order chi connectivity index (χ1) is 10.9. The van der Waals surface area contributed by atoms with Crippen molar-refractivity contribution < 1.29 is 4.92 Å². The molecular weight excluding hydrogens is 320 g/mol. The van der Waals surface area contributed by atoms with Gasteiger partial charge in [0, 0.05) is 16.8 Å². The number of nitro groups is 1. The predicted molar refractivity (Wildman–Crippen MR) is 91.2 cm³/mol. The first-order valence-electron chi connectivity index (χ1n) is 7.01. The van der Waals surface area contributed by atoms with E-state index in [0.29, 0.717) is 10.7 Å². The fourth-order valence-electron chi connectivity index (χ4n) is 1.83. The largest absolute Gasteiger partial charge is 0.378 e. The summed E-state index contributed by atoms with van der Waals surface area (Å²) in [4.78, 5) is 18.8. The summed E-state index contributed by atoms with van der Waals surface area (Å²) in [6, 6.07) is 6.88. The van der Waals surface area contributed by atoms with Crippen molar-refractivity contribution in [2.45, 2.75) is 26.3 Å². The Bertz CT molecular complexity index is 724. The normalized spacial score (nSPS) is 11.8. The van der Waals surface area contributed by atoms with E-state index in [-0.39, 0.29) is 29.3 Å². The molecule has 0 radical (unpaired) electrons. The second kappa shape index (κ2) is 7.10. The van der Waals surface area contributed by atoms with Crippen molar-refractivity contribution >= 4 is 40.6 Å². The summed E-state index contributed by atoms with van der Waals surface area (Å²) in [5.74, 6) is 0.0304.